The average molecular weight is 299 g/mol. The number of hydrogen-bond donors (Lipinski definition) is 2. The number of amides is 2. The lowest BCUT2D eigenvalue weighted by molar-refractivity contribution is -0.121. The second-order valence-electron chi connectivity index (χ2n) is 4.55. The van der Waals surface area contributed by atoms with E-state index in [9.17, 15) is 9.59 Å². The molecule has 0 aliphatic heterocycles. The second-order valence-corrected chi connectivity index (χ2v) is 4.55. The molecule has 7 heteroatoms. The molecule has 0 radical (unpaired) electrons. The summed E-state index contributed by atoms with van der Waals surface area (Å²) in [7, 11) is 0. The highest BCUT2D eigenvalue weighted by molar-refractivity contribution is 5.92. The number of furan rings is 1. The van der Waals surface area contributed by atoms with Crippen molar-refractivity contribution in [1.29, 1.82) is 0 Å². The van der Waals surface area contributed by atoms with Crippen LogP contribution < -0.4 is 10.9 Å². The maximum absolute atomic E-state index is 11.7. The summed E-state index contributed by atoms with van der Waals surface area (Å²) in [6, 6.07) is 10.5. The van der Waals surface area contributed by atoms with E-state index < -0.39 is 5.91 Å². The van der Waals surface area contributed by atoms with Gasteiger partial charge in [-0.25, -0.2) is 4.98 Å². The van der Waals surface area contributed by atoms with Crippen molar-refractivity contribution >= 4 is 22.9 Å². The Balaban J connectivity index is 1.49. The number of oxazole rings is 1. The van der Waals surface area contributed by atoms with E-state index in [1.54, 1.807) is 6.07 Å². The molecule has 0 bridgehead atoms. The van der Waals surface area contributed by atoms with Crippen molar-refractivity contribution < 1.29 is 18.4 Å². The molecule has 2 amide bonds. The fourth-order valence-electron chi connectivity index (χ4n) is 1.91. The second kappa shape index (κ2) is 6.13. The highest BCUT2D eigenvalue weighted by Gasteiger charge is 2.11. The molecule has 0 spiro atoms. The molecule has 2 N–H and O–H groups in total. The Labute approximate surface area is 125 Å². The number of aryl methyl sites for hydroxylation is 1. The highest BCUT2D eigenvalue weighted by atomic mass is 16.3. The Morgan fingerprint density at radius 1 is 1.09 bits per heavy atom. The number of nitrogens with zero attached hydrogens (tertiary/aromatic N) is 1. The average Bonchev–Trinajstić information content (AvgIpc) is 3.19. The Morgan fingerprint density at radius 3 is 2.73 bits per heavy atom. The number of fused-ring (bicyclic) bond motifs is 1. The first-order valence-electron chi connectivity index (χ1n) is 6.69. The van der Waals surface area contributed by atoms with Gasteiger partial charge in [0.2, 0.25) is 5.91 Å². The first-order valence-corrected chi connectivity index (χ1v) is 6.69. The number of carbonyl (C=O) groups is 2. The molecule has 0 saturated heterocycles. The smallest absolute Gasteiger partial charge is 0.305 e. The van der Waals surface area contributed by atoms with Crippen molar-refractivity contribution in [2.45, 2.75) is 12.8 Å². The summed E-state index contributed by atoms with van der Waals surface area (Å²) in [4.78, 5) is 27.5. The Hall–Kier alpha value is -3.09. The topological polar surface area (TPSA) is 97.4 Å². The first kappa shape index (κ1) is 13.9. The van der Waals surface area contributed by atoms with E-state index >= 15 is 0 Å². The van der Waals surface area contributed by atoms with Gasteiger partial charge in [-0.15, -0.1) is 0 Å². The van der Waals surface area contributed by atoms with E-state index in [1.807, 2.05) is 24.3 Å². The molecular formula is C15H13N3O4. The number of hydrogen-bond acceptors (Lipinski definition) is 5. The molecule has 0 unspecified atom stereocenters. The van der Waals surface area contributed by atoms with Crippen LogP contribution >= 0.6 is 0 Å². The summed E-state index contributed by atoms with van der Waals surface area (Å²) in [5.74, 6) is -0.254. The van der Waals surface area contributed by atoms with Gasteiger partial charge in [-0.2, -0.15) is 0 Å². The Bertz CT molecular complexity index is 759. The van der Waals surface area contributed by atoms with Gasteiger partial charge >= 0.3 is 5.91 Å². The fourth-order valence-corrected chi connectivity index (χ4v) is 1.91. The molecule has 0 aliphatic carbocycles. The minimum atomic E-state index is -0.514. The molecule has 1 aromatic carbocycles. The Morgan fingerprint density at radius 2 is 1.95 bits per heavy atom. The van der Waals surface area contributed by atoms with Gasteiger partial charge in [0, 0.05) is 12.8 Å². The standard InChI is InChI=1S/C15H13N3O4/c19-13(17-18-15(20)12-6-3-9-21-12)7-8-14-16-10-4-1-2-5-11(10)22-14/h1-6,9H,7-8H2,(H,17,19)(H,18,20). The third-order valence-corrected chi connectivity index (χ3v) is 2.96. The predicted molar refractivity (Wildman–Crippen MR) is 76.6 cm³/mol. The maximum atomic E-state index is 11.7. The van der Waals surface area contributed by atoms with Crippen molar-refractivity contribution in [2.75, 3.05) is 0 Å². The molecule has 3 aromatic rings. The van der Waals surface area contributed by atoms with Crippen LogP contribution in [0.4, 0.5) is 0 Å². The van der Waals surface area contributed by atoms with Crippen molar-refractivity contribution in [3.63, 3.8) is 0 Å². The molecule has 7 nitrogen and oxygen atoms in total. The van der Waals surface area contributed by atoms with Crippen LogP contribution in [0.15, 0.2) is 51.5 Å². The minimum Gasteiger partial charge on any atom is -0.459 e. The molecule has 0 saturated carbocycles. The number of para-hydroxylation sites is 2. The maximum Gasteiger partial charge on any atom is 0.305 e. The number of nitrogens with one attached hydrogen (secondary N) is 2. The lowest BCUT2D eigenvalue weighted by atomic mass is 10.3. The van der Waals surface area contributed by atoms with Gasteiger partial charge in [0.15, 0.2) is 17.2 Å². The van der Waals surface area contributed by atoms with E-state index in [1.165, 1.54) is 12.3 Å². The molecule has 2 aromatic heterocycles. The fraction of sp³-hybridized carbons (Fsp3) is 0.133. The molecule has 22 heavy (non-hydrogen) atoms. The largest absolute Gasteiger partial charge is 0.459 e. The van der Waals surface area contributed by atoms with E-state index in [4.69, 9.17) is 8.83 Å². The lowest BCUT2D eigenvalue weighted by Crippen LogP contribution is -2.41. The van der Waals surface area contributed by atoms with Gasteiger partial charge in [-0.1, -0.05) is 12.1 Å². The quantitative estimate of drug-likeness (QED) is 0.716. The zero-order valence-corrected chi connectivity index (χ0v) is 11.5. The zero-order valence-electron chi connectivity index (χ0n) is 11.5. The van der Waals surface area contributed by atoms with Gasteiger partial charge in [0.1, 0.15) is 5.52 Å². The van der Waals surface area contributed by atoms with Crippen molar-refractivity contribution in [3.05, 3.63) is 54.3 Å². The number of carbonyl (C=O) groups excluding carboxylic acids is 2. The third kappa shape index (κ3) is 3.14. The summed E-state index contributed by atoms with van der Waals surface area (Å²) in [6.45, 7) is 0. The molecule has 0 atom stereocenters. The SMILES string of the molecule is O=C(CCc1nc2ccccc2o1)NNC(=O)c1ccco1. The van der Waals surface area contributed by atoms with Crippen molar-refractivity contribution in [2.24, 2.45) is 0 Å². The Kier molecular flexibility index (Phi) is 3.86. The molecule has 112 valence electrons. The van der Waals surface area contributed by atoms with Gasteiger partial charge in [0.05, 0.1) is 6.26 Å². The number of aromatic nitrogens is 1. The van der Waals surface area contributed by atoms with Gasteiger partial charge < -0.3 is 8.83 Å². The molecule has 0 fully saturated rings. The third-order valence-electron chi connectivity index (χ3n) is 2.96. The predicted octanol–water partition coefficient (Wildman–Crippen LogP) is 1.81. The van der Waals surface area contributed by atoms with Crippen LogP contribution in [0.1, 0.15) is 22.9 Å². The van der Waals surface area contributed by atoms with E-state index in [2.05, 4.69) is 15.8 Å². The van der Waals surface area contributed by atoms with Gasteiger partial charge in [-0.3, -0.25) is 20.4 Å². The van der Waals surface area contributed by atoms with Crippen LogP contribution in [0.2, 0.25) is 0 Å². The summed E-state index contributed by atoms with van der Waals surface area (Å²) in [6.07, 6.45) is 1.87. The number of benzene rings is 1. The van der Waals surface area contributed by atoms with E-state index in [0.29, 0.717) is 17.9 Å². The normalized spacial score (nSPS) is 10.5. The summed E-state index contributed by atoms with van der Waals surface area (Å²) in [5.41, 5.74) is 6.01. The van der Waals surface area contributed by atoms with Crippen molar-refractivity contribution in [1.82, 2.24) is 15.8 Å². The van der Waals surface area contributed by atoms with Crippen LogP contribution in [0.5, 0.6) is 0 Å². The van der Waals surface area contributed by atoms with Crippen LogP contribution in [0.3, 0.4) is 0 Å². The first-order chi connectivity index (χ1) is 10.7. The van der Waals surface area contributed by atoms with Gasteiger partial charge in [-0.05, 0) is 24.3 Å². The van der Waals surface area contributed by atoms with Crippen LogP contribution in [0.25, 0.3) is 11.1 Å². The molecule has 0 aliphatic rings. The molecule has 2 heterocycles. The summed E-state index contributed by atoms with van der Waals surface area (Å²) in [5, 5.41) is 0. The summed E-state index contributed by atoms with van der Waals surface area (Å²) < 4.78 is 10.4. The lowest BCUT2D eigenvalue weighted by Gasteiger charge is -2.04. The molecule has 3 rings (SSSR count). The number of rotatable bonds is 4. The summed E-state index contributed by atoms with van der Waals surface area (Å²) >= 11 is 0. The van der Waals surface area contributed by atoms with Crippen LogP contribution in [0, 0.1) is 0 Å². The monoisotopic (exact) mass is 299 g/mol. The van der Waals surface area contributed by atoms with Crippen molar-refractivity contribution in [3.8, 4) is 0 Å². The minimum absolute atomic E-state index is 0.124. The number of hydrazine groups is 1. The van der Waals surface area contributed by atoms with Gasteiger partial charge in [0.25, 0.3) is 0 Å². The van der Waals surface area contributed by atoms with Crippen LogP contribution in [-0.4, -0.2) is 16.8 Å². The van der Waals surface area contributed by atoms with Crippen LogP contribution in [-0.2, 0) is 11.2 Å². The zero-order chi connectivity index (χ0) is 15.4. The molecular weight excluding hydrogens is 286 g/mol. The van der Waals surface area contributed by atoms with E-state index in [-0.39, 0.29) is 18.1 Å². The van der Waals surface area contributed by atoms with E-state index in [0.717, 1.165) is 5.52 Å². The highest BCUT2D eigenvalue weighted by Crippen LogP contribution is 2.15.